The van der Waals surface area contributed by atoms with E-state index in [4.69, 9.17) is 4.42 Å². The van der Waals surface area contributed by atoms with Crippen LogP contribution in [-0.2, 0) is 15.8 Å². The number of aromatic nitrogens is 7. The van der Waals surface area contributed by atoms with Crippen molar-refractivity contribution in [1.29, 1.82) is 0 Å². The third kappa shape index (κ3) is 4.37. The molecule has 0 fully saturated rings. The van der Waals surface area contributed by atoms with Gasteiger partial charge in [0, 0.05) is 11.3 Å². The van der Waals surface area contributed by atoms with Crippen LogP contribution in [-0.4, -0.2) is 50.5 Å². The zero-order chi connectivity index (χ0) is 19.6. The molecular formula is C15H14N8O3S2. The third-order valence-electron chi connectivity index (χ3n) is 3.47. The molecule has 3 heterocycles. The number of aromatic amines is 2. The van der Waals surface area contributed by atoms with Gasteiger partial charge in [-0.3, -0.25) is 9.82 Å². The molecule has 0 aliphatic carbocycles. The lowest BCUT2D eigenvalue weighted by Crippen LogP contribution is -2.09. The van der Waals surface area contributed by atoms with Crippen molar-refractivity contribution < 1.29 is 12.8 Å². The molecule has 0 radical (unpaired) electrons. The number of thioether (sulfide) groups is 1. The molecule has 13 heteroatoms. The van der Waals surface area contributed by atoms with Crippen LogP contribution < -0.4 is 4.72 Å². The van der Waals surface area contributed by atoms with Gasteiger partial charge in [-0.2, -0.15) is 10.2 Å². The van der Waals surface area contributed by atoms with Crippen molar-refractivity contribution >= 4 is 27.5 Å². The molecule has 0 amide bonds. The predicted molar refractivity (Wildman–Crippen MR) is 102 cm³/mol. The lowest BCUT2D eigenvalue weighted by atomic mass is 10.1. The Labute approximate surface area is 163 Å². The molecule has 0 unspecified atom stereocenters. The smallest absolute Gasteiger partial charge is 0.229 e. The molecule has 1 aromatic carbocycles. The maximum atomic E-state index is 11.4. The molecule has 11 nitrogen and oxygen atoms in total. The number of sulfonamides is 1. The molecule has 0 atom stereocenters. The van der Waals surface area contributed by atoms with Crippen molar-refractivity contribution in [3.05, 3.63) is 42.2 Å². The standard InChI is InChI=1S/C15H14N8O3S2/c1-28(24,25)21-10-4-2-3-9(7-10)11-5-6-12(26-11)14-16-15(20-19-14)27-8-13-17-22-23-18-13/h2-7,21H,8H2,1H3,(H,16,19,20)(H,17,18,22,23). The second-order valence-electron chi connectivity index (χ2n) is 5.70. The summed E-state index contributed by atoms with van der Waals surface area (Å²) in [5, 5.41) is 21.1. The summed E-state index contributed by atoms with van der Waals surface area (Å²) in [6.45, 7) is 0. The highest BCUT2D eigenvalue weighted by atomic mass is 32.2. The first-order chi connectivity index (χ1) is 13.5. The summed E-state index contributed by atoms with van der Waals surface area (Å²) in [5.74, 6) is 2.60. The molecule has 0 bridgehead atoms. The van der Waals surface area contributed by atoms with Crippen molar-refractivity contribution in [2.45, 2.75) is 10.9 Å². The van der Waals surface area contributed by atoms with E-state index in [9.17, 15) is 8.42 Å². The minimum absolute atomic E-state index is 0.456. The Morgan fingerprint density at radius 3 is 2.82 bits per heavy atom. The molecule has 0 aliphatic heterocycles. The van der Waals surface area contributed by atoms with E-state index in [1.54, 1.807) is 30.3 Å². The first-order valence-corrected chi connectivity index (χ1v) is 10.8. The molecule has 4 aromatic rings. The highest BCUT2D eigenvalue weighted by Gasteiger charge is 2.13. The number of hydrogen-bond acceptors (Lipinski definition) is 9. The quantitative estimate of drug-likeness (QED) is 0.381. The van der Waals surface area contributed by atoms with Crippen molar-refractivity contribution in [3.63, 3.8) is 0 Å². The fourth-order valence-electron chi connectivity index (χ4n) is 2.36. The number of nitrogens with one attached hydrogen (secondary N) is 3. The van der Waals surface area contributed by atoms with E-state index in [0.717, 1.165) is 11.8 Å². The van der Waals surface area contributed by atoms with Crippen LogP contribution in [0.5, 0.6) is 0 Å². The SMILES string of the molecule is CS(=O)(=O)Nc1cccc(-c2ccc(-c3nc(SCc4nn[nH]n4)n[nH]3)o2)c1. The van der Waals surface area contributed by atoms with E-state index in [1.807, 2.05) is 6.07 Å². The highest BCUT2D eigenvalue weighted by molar-refractivity contribution is 7.98. The number of tetrazole rings is 1. The monoisotopic (exact) mass is 418 g/mol. The average molecular weight is 418 g/mol. The topological polar surface area (TPSA) is 155 Å². The second kappa shape index (κ2) is 7.44. The Morgan fingerprint density at radius 1 is 1.18 bits per heavy atom. The largest absolute Gasteiger partial charge is 0.453 e. The van der Waals surface area contributed by atoms with Crippen LogP contribution in [0, 0.1) is 0 Å². The highest BCUT2D eigenvalue weighted by Crippen LogP contribution is 2.29. The molecule has 0 saturated carbocycles. The first-order valence-electron chi connectivity index (χ1n) is 7.92. The van der Waals surface area contributed by atoms with Gasteiger partial charge in [0.1, 0.15) is 5.76 Å². The molecule has 0 saturated heterocycles. The summed E-state index contributed by atoms with van der Waals surface area (Å²) < 4.78 is 31.1. The molecule has 28 heavy (non-hydrogen) atoms. The molecule has 144 valence electrons. The summed E-state index contributed by atoms with van der Waals surface area (Å²) in [6.07, 6.45) is 1.10. The van der Waals surface area contributed by atoms with Gasteiger partial charge in [0.25, 0.3) is 0 Å². The number of rotatable bonds is 7. The van der Waals surface area contributed by atoms with Crippen LogP contribution >= 0.6 is 11.8 Å². The van der Waals surface area contributed by atoms with Gasteiger partial charge in [-0.05, 0) is 24.3 Å². The number of nitrogens with zero attached hydrogens (tertiary/aromatic N) is 5. The van der Waals surface area contributed by atoms with Gasteiger partial charge in [0.05, 0.1) is 12.0 Å². The lowest BCUT2D eigenvalue weighted by molar-refractivity contribution is 0.592. The van der Waals surface area contributed by atoms with Gasteiger partial charge >= 0.3 is 0 Å². The van der Waals surface area contributed by atoms with E-state index in [1.165, 1.54) is 11.8 Å². The molecule has 4 rings (SSSR count). The fraction of sp³-hybridized carbons (Fsp3) is 0.133. The molecule has 0 aliphatic rings. The van der Waals surface area contributed by atoms with Crippen LogP contribution in [0.3, 0.4) is 0 Å². The molecular weight excluding hydrogens is 404 g/mol. The fourth-order valence-corrected chi connectivity index (χ4v) is 3.57. The van der Waals surface area contributed by atoms with Crippen molar-refractivity contribution in [3.8, 4) is 22.9 Å². The minimum Gasteiger partial charge on any atom is -0.453 e. The molecule has 3 N–H and O–H groups in total. The van der Waals surface area contributed by atoms with E-state index in [2.05, 4.69) is 40.5 Å². The Hall–Kier alpha value is -3.19. The number of H-pyrrole nitrogens is 2. The van der Waals surface area contributed by atoms with Crippen molar-refractivity contribution in [2.75, 3.05) is 11.0 Å². The normalized spacial score (nSPS) is 11.6. The molecule has 0 spiro atoms. The van der Waals surface area contributed by atoms with Crippen LogP contribution in [0.2, 0.25) is 0 Å². The maximum Gasteiger partial charge on any atom is 0.229 e. The van der Waals surface area contributed by atoms with Crippen LogP contribution in [0.4, 0.5) is 5.69 Å². The number of furan rings is 1. The van der Waals surface area contributed by atoms with Crippen LogP contribution in [0.1, 0.15) is 5.82 Å². The second-order valence-corrected chi connectivity index (χ2v) is 8.39. The van der Waals surface area contributed by atoms with E-state index < -0.39 is 10.0 Å². The van der Waals surface area contributed by atoms with Crippen LogP contribution in [0.15, 0.2) is 46.0 Å². The Morgan fingerprint density at radius 2 is 2.04 bits per heavy atom. The van der Waals surface area contributed by atoms with Gasteiger partial charge in [-0.1, -0.05) is 29.1 Å². The summed E-state index contributed by atoms with van der Waals surface area (Å²) in [6, 6.07) is 10.5. The first kappa shape index (κ1) is 18.2. The predicted octanol–water partition coefficient (Wildman–Crippen LogP) is 1.91. The summed E-state index contributed by atoms with van der Waals surface area (Å²) in [4.78, 5) is 4.38. The van der Waals surface area contributed by atoms with Gasteiger partial charge in [-0.15, -0.1) is 15.3 Å². The maximum absolute atomic E-state index is 11.4. The Kier molecular flexibility index (Phi) is 4.83. The Balaban J connectivity index is 1.49. The van der Waals surface area contributed by atoms with E-state index in [0.29, 0.717) is 39.8 Å². The number of anilines is 1. The van der Waals surface area contributed by atoms with Gasteiger partial charge in [0.15, 0.2) is 17.4 Å². The van der Waals surface area contributed by atoms with E-state index >= 15 is 0 Å². The van der Waals surface area contributed by atoms with E-state index in [-0.39, 0.29) is 0 Å². The van der Waals surface area contributed by atoms with Crippen molar-refractivity contribution in [1.82, 2.24) is 35.8 Å². The third-order valence-corrected chi connectivity index (χ3v) is 4.92. The lowest BCUT2D eigenvalue weighted by Gasteiger charge is -2.05. The Bertz CT molecular complexity index is 1180. The average Bonchev–Trinajstić information content (AvgIpc) is 3.39. The summed E-state index contributed by atoms with van der Waals surface area (Å²) >= 11 is 1.36. The summed E-state index contributed by atoms with van der Waals surface area (Å²) in [7, 11) is -3.35. The van der Waals surface area contributed by atoms with Gasteiger partial charge in [-0.25, -0.2) is 8.42 Å². The summed E-state index contributed by atoms with van der Waals surface area (Å²) in [5.41, 5.74) is 1.18. The van der Waals surface area contributed by atoms with Gasteiger partial charge in [0.2, 0.25) is 15.2 Å². The molecule has 3 aromatic heterocycles. The number of hydrogen-bond donors (Lipinski definition) is 3. The number of benzene rings is 1. The van der Waals surface area contributed by atoms with Crippen LogP contribution in [0.25, 0.3) is 22.9 Å². The zero-order valence-electron chi connectivity index (χ0n) is 14.4. The van der Waals surface area contributed by atoms with Gasteiger partial charge < -0.3 is 4.42 Å². The zero-order valence-corrected chi connectivity index (χ0v) is 16.1. The minimum atomic E-state index is -3.35. The van der Waals surface area contributed by atoms with Crippen molar-refractivity contribution in [2.24, 2.45) is 0 Å².